The molecule has 1 aromatic rings. The zero-order valence-electron chi connectivity index (χ0n) is 6.88. The molecular formula is C8H11IN2O. The summed E-state index contributed by atoms with van der Waals surface area (Å²) < 4.78 is 6.04. The van der Waals surface area contributed by atoms with E-state index in [0.29, 0.717) is 6.54 Å². The molecule has 0 saturated heterocycles. The summed E-state index contributed by atoms with van der Waals surface area (Å²) >= 11 is 2.16. The summed E-state index contributed by atoms with van der Waals surface area (Å²) in [5, 5.41) is 0. The molecule has 1 heterocycles. The van der Waals surface area contributed by atoms with E-state index < -0.39 is 0 Å². The van der Waals surface area contributed by atoms with Crippen LogP contribution < -0.4 is 10.5 Å². The molecule has 12 heavy (non-hydrogen) atoms. The Morgan fingerprint density at radius 1 is 1.58 bits per heavy atom. The summed E-state index contributed by atoms with van der Waals surface area (Å²) in [5.41, 5.74) is 6.41. The molecule has 0 unspecified atom stereocenters. The van der Waals surface area contributed by atoms with Crippen LogP contribution in [0.3, 0.4) is 0 Å². The Kier molecular flexibility index (Phi) is 3.74. The molecule has 0 fully saturated rings. The number of rotatable bonds is 3. The Balaban J connectivity index is 2.90. The van der Waals surface area contributed by atoms with E-state index in [2.05, 4.69) is 27.6 Å². The lowest BCUT2D eigenvalue weighted by Gasteiger charge is -2.03. The molecule has 66 valence electrons. The third-order valence-corrected chi connectivity index (χ3v) is 2.01. The Morgan fingerprint density at radius 3 is 2.92 bits per heavy atom. The van der Waals surface area contributed by atoms with Crippen LogP contribution in [0.1, 0.15) is 5.69 Å². The lowest BCUT2D eigenvalue weighted by atomic mass is 10.2. The predicted molar refractivity (Wildman–Crippen MR) is 56.3 cm³/mol. The Morgan fingerprint density at radius 2 is 2.33 bits per heavy atom. The average molecular weight is 278 g/mol. The SMILES string of the molecule is COc1cc(I)nc(CCN)c1. The normalized spacial score (nSPS) is 9.92. The largest absolute Gasteiger partial charge is 0.497 e. The molecule has 0 saturated carbocycles. The number of aromatic nitrogens is 1. The lowest BCUT2D eigenvalue weighted by molar-refractivity contribution is 0.413. The molecule has 4 heteroatoms. The molecule has 0 aliphatic heterocycles. The van der Waals surface area contributed by atoms with E-state index in [1.807, 2.05) is 12.1 Å². The van der Waals surface area contributed by atoms with Crippen LogP contribution in [0.2, 0.25) is 0 Å². The fourth-order valence-electron chi connectivity index (χ4n) is 0.919. The van der Waals surface area contributed by atoms with Crippen LogP contribution in [0.25, 0.3) is 0 Å². The van der Waals surface area contributed by atoms with Crippen molar-refractivity contribution in [2.75, 3.05) is 13.7 Å². The fraction of sp³-hybridized carbons (Fsp3) is 0.375. The molecule has 1 aromatic heterocycles. The van der Waals surface area contributed by atoms with E-state index in [0.717, 1.165) is 21.6 Å². The van der Waals surface area contributed by atoms with Gasteiger partial charge >= 0.3 is 0 Å². The minimum absolute atomic E-state index is 0.621. The maximum absolute atomic E-state index is 5.42. The average Bonchev–Trinajstić information content (AvgIpc) is 2.04. The number of methoxy groups -OCH3 is 1. The zero-order valence-corrected chi connectivity index (χ0v) is 9.04. The number of nitrogens with two attached hydrogens (primary N) is 1. The van der Waals surface area contributed by atoms with Crippen molar-refractivity contribution in [1.29, 1.82) is 0 Å². The summed E-state index contributed by atoms with van der Waals surface area (Å²) in [6, 6.07) is 3.80. The highest BCUT2D eigenvalue weighted by Crippen LogP contribution is 2.15. The first kappa shape index (κ1) is 9.73. The van der Waals surface area contributed by atoms with Crippen molar-refractivity contribution >= 4 is 22.6 Å². The van der Waals surface area contributed by atoms with Gasteiger partial charge in [0.2, 0.25) is 0 Å². The van der Waals surface area contributed by atoms with Crippen molar-refractivity contribution in [3.63, 3.8) is 0 Å². The summed E-state index contributed by atoms with van der Waals surface area (Å²) in [4.78, 5) is 4.30. The van der Waals surface area contributed by atoms with Crippen molar-refractivity contribution in [1.82, 2.24) is 4.98 Å². The zero-order chi connectivity index (χ0) is 8.97. The second kappa shape index (κ2) is 4.61. The standard InChI is InChI=1S/C8H11IN2O/c1-12-7-4-6(2-3-10)11-8(9)5-7/h4-5H,2-3,10H2,1H3. The van der Waals surface area contributed by atoms with Crippen LogP contribution in [-0.4, -0.2) is 18.6 Å². The monoisotopic (exact) mass is 278 g/mol. The highest BCUT2D eigenvalue weighted by atomic mass is 127. The van der Waals surface area contributed by atoms with Crippen molar-refractivity contribution in [2.45, 2.75) is 6.42 Å². The van der Waals surface area contributed by atoms with Gasteiger partial charge in [-0.15, -0.1) is 0 Å². The van der Waals surface area contributed by atoms with Gasteiger partial charge in [0.05, 0.1) is 7.11 Å². The fourth-order valence-corrected chi connectivity index (χ4v) is 1.54. The smallest absolute Gasteiger partial charge is 0.123 e. The van der Waals surface area contributed by atoms with E-state index in [4.69, 9.17) is 10.5 Å². The molecule has 0 bridgehead atoms. The van der Waals surface area contributed by atoms with Gasteiger partial charge in [-0.1, -0.05) is 0 Å². The summed E-state index contributed by atoms with van der Waals surface area (Å²) in [7, 11) is 1.65. The number of pyridine rings is 1. The van der Waals surface area contributed by atoms with Gasteiger partial charge in [0.15, 0.2) is 0 Å². The van der Waals surface area contributed by atoms with Crippen molar-refractivity contribution < 1.29 is 4.74 Å². The number of halogens is 1. The van der Waals surface area contributed by atoms with Gasteiger partial charge in [0.25, 0.3) is 0 Å². The molecule has 0 amide bonds. The first-order chi connectivity index (χ1) is 5.76. The quantitative estimate of drug-likeness (QED) is 0.667. The molecular weight excluding hydrogens is 267 g/mol. The van der Waals surface area contributed by atoms with Crippen molar-refractivity contribution in [3.05, 3.63) is 21.5 Å². The number of nitrogens with zero attached hydrogens (tertiary/aromatic N) is 1. The molecule has 2 N–H and O–H groups in total. The van der Waals surface area contributed by atoms with Gasteiger partial charge in [-0.05, 0) is 29.1 Å². The summed E-state index contributed by atoms with van der Waals surface area (Å²) in [5.74, 6) is 0.845. The molecule has 0 atom stereocenters. The first-order valence-corrected chi connectivity index (χ1v) is 4.74. The summed E-state index contributed by atoms with van der Waals surface area (Å²) in [6.07, 6.45) is 0.799. The highest BCUT2D eigenvalue weighted by Gasteiger charge is 1.99. The minimum atomic E-state index is 0.621. The molecule has 0 aliphatic rings. The van der Waals surface area contributed by atoms with Crippen LogP contribution in [0.5, 0.6) is 5.75 Å². The van der Waals surface area contributed by atoms with Crippen molar-refractivity contribution in [2.24, 2.45) is 5.73 Å². The molecule has 0 aliphatic carbocycles. The maximum atomic E-state index is 5.42. The van der Waals surface area contributed by atoms with E-state index in [1.54, 1.807) is 7.11 Å². The third kappa shape index (κ3) is 2.60. The third-order valence-electron chi connectivity index (χ3n) is 1.46. The second-order valence-electron chi connectivity index (χ2n) is 2.36. The molecule has 1 rings (SSSR count). The van der Waals surface area contributed by atoms with Crippen LogP contribution in [-0.2, 0) is 6.42 Å². The van der Waals surface area contributed by atoms with E-state index in [1.165, 1.54) is 0 Å². The maximum Gasteiger partial charge on any atom is 0.123 e. The second-order valence-corrected chi connectivity index (χ2v) is 3.46. The Hall–Kier alpha value is -0.360. The van der Waals surface area contributed by atoms with Gasteiger partial charge < -0.3 is 10.5 Å². The van der Waals surface area contributed by atoms with Gasteiger partial charge in [0, 0.05) is 24.2 Å². The van der Waals surface area contributed by atoms with Crippen LogP contribution in [0.4, 0.5) is 0 Å². The lowest BCUT2D eigenvalue weighted by Crippen LogP contribution is -2.05. The van der Waals surface area contributed by atoms with E-state index in [9.17, 15) is 0 Å². The van der Waals surface area contributed by atoms with Gasteiger partial charge in [-0.25, -0.2) is 4.98 Å². The molecule has 3 nitrogen and oxygen atoms in total. The van der Waals surface area contributed by atoms with Crippen LogP contribution in [0, 0.1) is 3.70 Å². The number of ether oxygens (including phenoxy) is 1. The molecule has 0 radical (unpaired) electrons. The van der Waals surface area contributed by atoms with Crippen LogP contribution in [0.15, 0.2) is 12.1 Å². The van der Waals surface area contributed by atoms with Gasteiger partial charge in [-0.3, -0.25) is 0 Å². The first-order valence-electron chi connectivity index (χ1n) is 3.67. The molecule has 0 aromatic carbocycles. The minimum Gasteiger partial charge on any atom is -0.497 e. The Bertz CT molecular complexity index is 265. The topological polar surface area (TPSA) is 48.1 Å². The van der Waals surface area contributed by atoms with Gasteiger partial charge in [0.1, 0.15) is 9.45 Å². The molecule has 0 spiro atoms. The summed E-state index contributed by atoms with van der Waals surface area (Å²) in [6.45, 7) is 0.621. The Labute approximate surface area is 85.5 Å². The van der Waals surface area contributed by atoms with E-state index in [-0.39, 0.29) is 0 Å². The predicted octanol–water partition coefficient (Wildman–Crippen LogP) is 1.20. The van der Waals surface area contributed by atoms with Gasteiger partial charge in [-0.2, -0.15) is 0 Å². The van der Waals surface area contributed by atoms with Crippen LogP contribution >= 0.6 is 22.6 Å². The number of hydrogen-bond acceptors (Lipinski definition) is 3. The number of hydrogen-bond donors (Lipinski definition) is 1. The highest BCUT2D eigenvalue weighted by molar-refractivity contribution is 14.1. The van der Waals surface area contributed by atoms with Crippen molar-refractivity contribution in [3.8, 4) is 5.75 Å². The van der Waals surface area contributed by atoms with E-state index >= 15 is 0 Å².